The van der Waals surface area contributed by atoms with E-state index in [9.17, 15) is 4.79 Å². The van der Waals surface area contributed by atoms with E-state index in [0.717, 1.165) is 5.69 Å². The highest BCUT2D eigenvalue weighted by atomic mass is 32.1. The van der Waals surface area contributed by atoms with Gasteiger partial charge >= 0.3 is 0 Å². The highest BCUT2D eigenvalue weighted by Crippen LogP contribution is 2.22. The standard InChI is InChI=1S/C11H8N4OS/c1-7-5-14-9(6-13-7)10(16)15-11-8(4-12)2-3-17-11/h2-3,5-6H,1H3,(H,15,16). The molecule has 0 bridgehead atoms. The normalized spacial score (nSPS) is 9.65. The summed E-state index contributed by atoms with van der Waals surface area (Å²) in [6.07, 6.45) is 2.93. The molecule has 6 heteroatoms. The van der Waals surface area contributed by atoms with Crippen LogP contribution >= 0.6 is 11.3 Å². The van der Waals surface area contributed by atoms with Crippen molar-refractivity contribution in [2.45, 2.75) is 6.92 Å². The van der Waals surface area contributed by atoms with Crippen molar-refractivity contribution in [1.29, 1.82) is 5.26 Å². The molecule has 0 aromatic carbocycles. The number of hydrogen-bond donors (Lipinski definition) is 1. The molecule has 0 fully saturated rings. The fourth-order valence-corrected chi connectivity index (χ4v) is 1.90. The van der Waals surface area contributed by atoms with Crippen molar-refractivity contribution in [2.75, 3.05) is 5.32 Å². The second-order valence-electron chi connectivity index (χ2n) is 3.27. The Morgan fingerprint density at radius 1 is 1.47 bits per heavy atom. The number of carbonyl (C=O) groups is 1. The number of nitriles is 1. The fourth-order valence-electron chi connectivity index (χ4n) is 1.17. The van der Waals surface area contributed by atoms with Crippen LogP contribution in [-0.2, 0) is 0 Å². The molecule has 84 valence electrons. The molecule has 0 atom stereocenters. The van der Waals surface area contributed by atoms with Gasteiger partial charge in [-0.3, -0.25) is 9.78 Å². The van der Waals surface area contributed by atoms with E-state index in [2.05, 4.69) is 15.3 Å². The summed E-state index contributed by atoms with van der Waals surface area (Å²) >= 11 is 1.30. The SMILES string of the molecule is Cc1cnc(C(=O)Nc2sccc2C#N)cn1. The van der Waals surface area contributed by atoms with Gasteiger partial charge in [0.1, 0.15) is 16.8 Å². The molecule has 0 spiro atoms. The number of anilines is 1. The monoisotopic (exact) mass is 244 g/mol. The Morgan fingerprint density at radius 3 is 2.94 bits per heavy atom. The summed E-state index contributed by atoms with van der Waals surface area (Å²) < 4.78 is 0. The first-order valence-electron chi connectivity index (χ1n) is 4.78. The van der Waals surface area contributed by atoms with Crippen LogP contribution < -0.4 is 5.32 Å². The molecule has 1 amide bonds. The smallest absolute Gasteiger partial charge is 0.276 e. The minimum atomic E-state index is -0.364. The highest BCUT2D eigenvalue weighted by Gasteiger charge is 2.11. The van der Waals surface area contributed by atoms with Crippen LogP contribution in [0.1, 0.15) is 21.7 Å². The first-order valence-corrected chi connectivity index (χ1v) is 5.66. The minimum Gasteiger partial charge on any atom is -0.311 e. The second-order valence-corrected chi connectivity index (χ2v) is 4.19. The lowest BCUT2D eigenvalue weighted by atomic mass is 10.3. The third-order valence-electron chi connectivity index (χ3n) is 2.03. The maximum absolute atomic E-state index is 11.8. The van der Waals surface area contributed by atoms with Gasteiger partial charge in [-0.1, -0.05) is 0 Å². The molecule has 1 N–H and O–H groups in total. The number of hydrogen-bond acceptors (Lipinski definition) is 5. The Kier molecular flexibility index (Phi) is 3.12. The van der Waals surface area contributed by atoms with E-state index in [1.165, 1.54) is 23.7 Å². The quantitative estimate of drug-likeness (QED) is 0.875. The topological polar surface area (TPSA) is 78.7 Å². The number of thiophene rings is 1. The summed E-state index contributed by atoms with van der Waals surface area (Å²) in [6, 6.07) is 3.66. The van der Waals surface area contributed by atoms with Gasteiger partial charge < -0.3 is 5.32 Å². The number of amides is 1. The van der Waals surface area contributed by atoms with Crippen molar-refractivity contribution < 1.29 is 4.79 Å². The maximum Gasteiger partial charge on any atom is 0.276 e. The van der Waals surface area contributed by atoms with Crippen LogP contribution in [-0.4, -0.2) is 15.9 Å². The van der Waals surface area contributed by atoms with E-state index in [0.29, 0.717) is 10.6 Å². The molecule has 0 unspecified atom stereocenters. The number of aromatic nitrogens is 2. The van der Waals surface area contributed by atoms with Crippen LogP contribution in [0.2, 0.25) is 0 Å². The first kappa shape index (κ1) is 11.2. The van der Waals surface area contributed by atoms with Gasteiger partial charge in [0.15, 0.2) is 0 Å². The molecule has 17 heavy (non-hydrogen) atoms. The zero-order chi connectivity index (χ0) is 12.3. The molecule has 0 aliphatic carbocycles. The van der Waals surface area contributed by atoms with Crippen molar-refractivity contribution in [3.05, 3.63) is 40.8 Å². The summed E-state index contributed by atoms with van der Waals surface area (Å²) in [7, 11) is 0. The molecule has 0 aliphatic heterocycles. The van der Waals surface area contributed by atoms with E-state index < -0.39 is 0 Å². The second kappa shape index (κ2) is 4.72. The number of rotatable bonds is 2. The number of aryl methyl sites for hydroxylation is 1. The molecule has 0 aliphatic rings. The largest absolute Gasteiger partial charge is 0.311 e. The summed E-state index contributed by atoms with van der Waals surface area (Å²) in [6.45, 7) is 1.79. The summed E-state index contributed by atoms with van der Waals surface area (Å²) in [5, 5.41) is 13.7. The molecular formula is C11H8N4OS. The molecule has 2 rings (SSSR count). The van der Waals surface area contributed by atoms with Crippen LogP contribution in [0.5, 0.6) is 0 Å². The van der Waals surface area contributed by atoms with Crippen LogP contribution in [0, 0.1) is 18.3 Å². The molecule has 0 saturated heterocycles. The average molecular weight is 244 g/mol. The van der Waals surface area contributed by atoms with Crippen LogP contribution in [0.3, 0.4) is 0 Å². The van der Waals surface area contributed by atoms with Gasteiger partial charge in [0.25, 0.3) is 5.91 Å². The average Bonchev–Trinajstić information content (AvgIpc) is 2.77. The van der Waals surface area contributed by atoms with Crippen LogP contribution in [0.4, 0.5) is 5.00 Å². The van der Waals surface area contributed by atoms with Crippen molar-refractivity contribution in [3.63, 3.8) is 0 Å². The Morgan fingerprint density at radius 2 is 2.29 bits per heavy atom. The van der Waals surface area contributed by atoms with E-state index in [1.54, 1.807) is 18.4 Å². The van der Waals surface area contributed by atoms with E-state index in [-0.39, 0.29) is 11.6 Å². The predicted octanol–water partition coefficient (Wildman–Crippen LogP) is 1.97. The van der Waals surface area contributed by atoms with Crippen molar-refractivity contribution in [1.82, 2.24) is 9.97 Å². The van der Waals surface area contributed by atoms with Crippen LogP contribution in [0.15, 0.2) is 23.8 Å². The lowest BCUT2D eigenvalue weighted by molar-refractivity contribution is 0.102. The molecular weight excluding hydrogens is 236 g/mol. The molecule has 2 aromatic heterocycles. The third-order valence-corrected chi connectivity index (χ3v) is 2.86. The molecule has 2 aromatic rings. The fraction of sp³-hybridized carbons (Fsp3) is 0.0909. The van der Waals surface area contributed by atoms with Crippen molar-refractivity contribution >= 4 is 22.2 Å². The molecule has 5 nitrogen and oxygen atoms in total. The Hall–Kier alpha value is -2.26. The zero-order valence-electron chi connectivity index (χ0n) is 8.97. The van der Waals surface area contributed by atoms with Gasteiger partial charge in [-0.25, -0.2) is 4.98 Å². The highest BCUT2D eigenvalue weighted by molar-refractivity contribution is 7.14. The van der Waals surface area contributed by atoms with Gasteiger partial charge in [0, 0.05) is 6.20 Å². The Bertz CT molecular complexity index is 582. The lowest BCUT2D eigenvalue weighted by Crippen LogP contribution is -2.13. The number of nitrogens with zero attached hydrogens (tertiary/aromatic N) is 3. The predicted molar refractivity (Wildman–Crippen MR) is 63.8 cm³/mol. The minimum absolute atomic E-state index is 0.230. The number of carbonyl (C=O) groups excluding carboxylic acids is 1. The maximum atomic E-state index is 11.8. The Labute approximate surface area is 102 Å². The lowest BCUT2D eigenvalue weighted by Gasteiger charge is -2.02. The Balaban J connectivity index is 2.18. The van der Waals surface area contributed by atoms with Crippen molar-refractivity contribution in [3.8, 4) is 6.07 Å². The van der Waals surface area contributed by atoms with Gasteiger partial charge in [0.05, 0.1) is 17.5 Å². The molecule has 2 heterocycles. The first-order chi connectivity index (χ1) is 8.20. The van der Waals surface area contributed by atoms with E-state index >= 15 is 0 Å². The summed E-state index contributed by atoms with van der Waals surface area (Å²) in [4.78, 5) is 19.7. The summed E-state index contributed by atoms with van der Waals surface area (Å²) in [5.41, 5.74) is 1.42. The summed E-state index contributed by atoms with van der Waals surface area (Å²) in [5.74, 6) is -0.364. The van der Waals surface area contributed by atoms with E-state index in [1.807, 2.05) is 6.07 Å². The number of nitrogens with one attached hydrogen (secondary N) is 1. The van der Waals surface area contributed by atoms with E-state index in [4.69, 9.17) is 5.26 Å². The van der Waals surface area contributed by atoms with Gasteiger partial charge in [-0.15, -0.1) is 11.3 Å². The third kappa shape index (κ3) is 2.46. The molecule has 0 saturated carbocycles. The van der Waals surface area contributed by atoms with Gasteiger partial charge in [-0.2, -0.15) is 5.26 Å². The molecule has 0 radical (unpaired) electrons. The van der Waals surface area contributed by atoms with Crippen LogP contribution in [0.25, 0.3) is 0 Å². The van der Waals surface area contributed by atoms with Crippen molar-refractivity contribution in [2.24, 2.45) is 0 Å². The zero-order valence-corrected chi connectivity index (χ0v) is 9.78. The van der Waals surface area contributed by atoms with Gasteiger partial charge in [-0.05, 0) is 18.4 Å². The van der Waals surface area contributed by atoms with Gasteiger partial charge in [0.2, 0.25) is 0 Å².